The maximum absolute atomic E-state index is 9.42. The van der Waals surface area contributed by atoms with Crippen LogP contribution in [0.1, 0.15) is 51.4 Å². The van der Waals surface area contributed by atoms with E-state index in [1.54, 1.807) is 0 Å². The molecule has 2 nitrogen and oxygen atoms in total. The fraction of sp³-hybridized carbons (Fsp3) is 1.00. The Balaban J connectivity index is 2.03. The minimum atomic E-state index is -0.271. The normalized spacial score (nSPS) is 21.7. The smallest absolute Gasteiger partial charge is 0.0562 e. The molecule has 1 saturated carbocycles. The average molecular weight is 186 g/mol. The Morgan fingerprint density at radius 3 is 2.38 bits per heavy atom. The molecule has 0 radical (unpaired) electrons. The molecule has 0 saturated heterocycles. The summed E-state index contributed by atoms with van der Waals surface area (Å²) in [5, 5.41) is 18.0. The van der Waals surface area contributed by atoms with Gasteiger partial charge < -0.3 is 10.2 Å². The van der Waals surface area contributed by atoms with Gasteiger partial charge >= 0.3 is 0 Å². The van der Waals surface area contributed by atoms with E-state index in [1.165, 1.54) is 32.1 Å². The van der Waals surface area contributed by atoms with Gasteiger partial charge in [-0.2, -0.15) is 0 Å². The molecule has 1 fully saturated rings. The summed E-state index contributed by atoms with van der Waals surface area (Å²) in [4.78, 5) is 0. The lowest BCUT2D eigenvalue weighted by molar-refractivity contribution is 0.115. The first-order valence-corrected chi connectivity index (χ1v) is 5.62. The maximum Gasteiger partial charge on any atom is 0.0562 e. The maximum atomic E-state index is 9.42. The number of hydrogen-bond donors (Lipinski definition) is 2. The van der Waals surface area contributed by atoms with E-state index in [-0.39, 0.29) is 12.7 Å². The molecule has 0 aliphatic heterocycles. The van der Waals surface area contributed by atoms with Gasteiger partial charge in [-0.15, -0.1) is 0 Å². The Kier molecular flexibility index (Phi) is 5.40. The van der Waals surface area contributed by atoms with Gasteiger partial charge in [0.25, 0.3) is 0 Å². The van der Waals surface area contributed by atoms with Gasteiger partial charge in [0.15, 0.2) is 0 Å². The van der Waals surface area contributed by atoms with Gasteiger partial charge in [-0.05, 0) is 25.2 Å². The van der Waals surface area contributed by atoms with E-state index in [9.17, 15) is 5.11 Å². The third kappa shape index (κ3) is 4.63. The van der Waals surface area contributed by atoms with Gasteiger partial charge in [-0.1, -0.05) is 32.1 Å². The standard InChI is InChI=1S/C11H22O2/c12-9-8-11(13)7-6-10-4-2-1-3-5-10/h10-13H,1-9H2. The molecule has 78 valence electrons. The van der Waals surface area contributed by atoms with Crippen LogP contribution in [0.15, 0.2) is 0 Å². The van der Waals surface area contributed by atoms with E-state index >= 15 is 0 Å². The van der Waals surface area contributed by atoms with Crippen molar-refractivity contribution >= 4 is 0 Å². The summed E-state index contributed by atoms with van der Waals surface area (Å²) < 4.78 is 0. The summed E-state index contributed by atoms with van der Waals surface area (Å²) in [5.41, 5.74) is 0. The largest absolute Gasteiger partial charge is 0.396 e. The lowest BCUT2D eigenvalue weighted by atomic mass is 9.85. The molecular formula is C11H22O2. The van der Waals surface area contributed by atoms with Crippen molar-refractivity contribution in [2.45, 2.75) is 57.5 Å². The highest BCUT2D eigenvalue weighted by Crippen LogP contribution is 2.27. The predicted octanol–water partition coefficient (Wildman–Crippen LogP) is 2.09. The van der Waals surface area contributed by atoms with Crippen molar-refractivity contribution in [3.05, 3.63) is 0 Å². The van der Waals surface area contributed by atoms with Crippen LogP contribution < -0.4 is 0 Å². The minimum Gasteiger partial charge on any atom is -0.396 e. The molecule has 1 unspecified atom stereocenters. The average Bonchev–Trinajstić information content (AvgIpc) is 2.17. The summed E-state index contributed by atoms with van der Waals surface area (Å²) in [6.07, 6.45) is 9.17. The SMILES string of the molecule is OCCC(O)CCC1CCCCC1. The summed E-state index contributed by atoms with van der Waals surface area (Å²) in [6, 6.07) is 0. The molecule has 1 atom stereocenters. The van der Waals surface area contributed by atoms with Crippen LogP contribution in [0.3, 0.4) is 0 Å². The predicted molar refractivity (Wildman–Crippen MR) is 53.5 cm³/mol. The van der Waals surface area contributed by atoms with E-state index in [2.05, 4.69) is 0 Å². The Hall–Kier alpha value is -0.0800. The highest BCUT2D eigenvalue weighted by molar-refractivity contribution is 4.67. The van der Waals surface area contributed by atoms with Crippen molar-refractivity contribution in [1.29, 1.82) is 0 Å². The van der Waals surface area contributed by atoms with Gasteiger partial charge in [0, 0.05) is 6.61 Å². The van der Waals surface area contributed by atoms with Crippen LogP contribution >= 0.6 is 0 Å². The summed E-state index contributed by atoms with van der Waals surface area (Å²) in [7, 11) is 0. The topological polar surface area (TPSA) is 40.5 Å². The van der Waals surface area contributed by atoms with E-state index in [1.807, 2.05) is 0 Å². The monoisotopic (exact) mass is 186 g/mol. The van der Waals surface area contributed by atoms with Gasteiger partial charge in [-0.3, -0.25) is 0 Å². The second-order valence-corrected chi connectivity index (χ2v) is 4.25. The number of hydrogen-bond acceptors (Lipinski definition) is 2. The van der Waals surface area contributed by atoms with Crippen LogP contribution in [0.2, 0.25) is 0 Å². The first kappa shape index (κ1) is 11.0. The Labute approximate surface area is 81.0 Å². The zero-order valence-corrected chi connectivity index (χ0v) is 8.41. The molecule has 0 heterocycles. The van der Waals surface area contributed by atoms with Crippen molar-refractivity contribution in [2.75, 3.05) is 6.61 Å². The van der Waals surface area contributed by atoms with Crippen molar-refractivity contribution in [2.24, 2.45) is 5.92 Å². The Morgan fingerprint density at radius 2 is 1.77 bits per heavy atom. The molecule has 2 heteroatoms. The molecule has 13 heavy (non-hydrogen) atoms. The van der Waals surface area contributed by atoms with Gasteiger partial charge in [0.1, 0.15) is 0 Å². The molecule has 2 N–H and O–H groups in total. The number of aliphatic hydroxyl groups excluding tert-OH is 2. The summed E-state index contributed by atoms with van der Waals surface area (Å²) in [6.45, 7) is 0.117. The van der Waals surface area contributed by atoms with E-state index < -0.39 is 0 Å². The highest BCUT2D eigenvalue weighted by atomic mass is 16.3. The van der Waals surface area contributed by atoms with Gasteiger partial charge in [0.2, 0.25) is 0 Å². The van der Waals surface area contributed by atoms with E-state index in [0.29, 0.717) is 6.42 Å². The van der Waals surface area contributed by atoms with Crippen molar-refractivity contribution in [3.8, 4) is 0 Å². The van der Waals surface area contributed by atoms with Crippen LogP contribution in [-0.4, -0.2) is 22.9 Å². The van der Waals surface area contributed by atoms with Gasteiger partial charge in [0.05, 0.1) is 6.10 Å². The quantitative estimate of drug-likeness (QED) is 0.690. The molecule has 0 spiro atoms. The second kappa shape index (κ2) is 6.39. The first-order valence-electron chi connectivity index (χ1n) is 5.62. The molecule has 0 amide bonds. The zero-order valence-electron chi connectivity index (χ0n) is 8.41. The second-order valence-electron chi connectivity index (χ2n) is 4.25. The Bertz CT molecular complexity index is 119. The minimum absolute atomic E-state index is 0.117. The van der Waals surface area contributed by atoms with Crippen LogP contribution in [0.25, 0.3) is 0 Å². The lowest BCUT2D eigenvalue weighted by Gasteiger charge is -2.22. The van der Waals surface area contributed by atoms with Crippen LogP contribution in [0.4, 0.5) is 0 Å². The highest BCUT2D eigenvalue weighted by Gasteiger charge is 2.14. The van der Waals surface area contributed by atoms with E-state index in [0.717, 1.165) is 18.8 Å². The summed E-state index contributed by atoms with van der Waals surface area (Å²) >= 11 is 0. The van der Waals surface area contributed by atoms with Crippen LogP contribution in [0.5, 0.6) is 0 Å². The molecule has 1 aliphatic carbocycles. The molecule has 1 aliphatic rings. The molecule has 0 bridgehead atoms. The summed E-state index contributed by atoms with van der Waals surface area (Å²) in [5.74, 6) is 0.849. The Morgan fingerprint density at radius 1 is 1.08 bits per heavy atom. The third-order valence-electron chi connectivity index (χ3n) is 3.10. The molecule has 0 aromatic heterocycles. The first-order chi connectivity index (χ1) is 6.33. The van der Waals surface area contributed by atoms with Crippen molar-refractivity contribution in [3.63, 3.8) is 0 Å². The third-order valence-corrected chi connectivity index (χ3v) is 3.10. The molecule has 0 aromatic carbocycles. The fourth-order valence-electron chi connectivity index (χ4n) is 2.20. The van der Waals surface area contributed by atoms with Crippen LogP contribution in [0, 0.1) is 5.92 Å². The van der Waals surface area contributed by atoms with E-state index in [4.69, 9.17) is 5.11 Å². The van der Waals surface area contributed by atoms with Crippen molar-refractivity contribution in [1.82, 2.24) is 0 Å². The van der Waals surface area contributed by atoms with Gasteiger partial charge in [-0.25, -0.2) is 0 Å². The zero-order chi connectivity index (χ0) is 9.52. The molecule has 1 rings (SSSR count). The van der Waals surface area contributed by atoms with Crippen LogP contribution in [-0.2, 0) is 0 Å². The molecule has 0 aromatic rings. The number of aliphatic hydroxyl groups is 2. The molecular weight excluding hydrogens is 164 g/mol. The lowest BCUT2D eigenvalue weighted by Crippen LogP contribution is -2.13. The fourth-order valence-corrected chi connectivity index (χ4v) is 2.20. The van der Waals surface area contributed by atoms with Crippen molar-refractivity contribution < 1.29 is 10.2 Å². The number of rotatable bonds is 5.